The Balaban J connectivity index is 1.83. The zero-order valence-electron chi connectivity index (χ0n) is 14.4. The number of carbonyl (C=O) groups is 2. The van der Waals surface area contributed by atoms with Gasteiger partial charge in [0.05, 0.1) is 12.3 Å². The van der Waals surface area contributed by atoms with Gasteiger partial charge in [-0.1, -0.05) is 6.07 Å². The Morgan fingerprint density at radius 1 is 1.19 bits per heavy atom. The topological polar surface area (TPSA) is 77.0 Å². The average Bonchev–Trinajstić information content (AvgIpc) is 2.60. The molecule has 0 saturated heterocycles. The Hall–Kier alpha value is -2.42. The molecule has 7 heteroatoms. The number of nitrogens with one attached hydrogen (secondary N) is 1. The van der Waals surface area contributed by atoms with Crippen LogP contribution in [-0.4, -0.2) is 30.8 Å². The molecule has 136 valence electrons. The normalized spacial score (nSPS) is 10.8. The molecule has 1 amide bonds. The number of ether oxygens (including phenoxy) is 2. The van der Waals surface area contributed by atoms with E-state index in [1.807, 2.05) is 12.1 Å². The monoisotopic (exact) mass is 466 g/mol. The molecule has 2 aromatic carbocycles. The summed E-state index contributed by atoms with van der Waals surface area (Å²) >= 11 is 2.15. The van der Waals surface area contributed by atoms with Crippen molar-refractivity contribution < 1.29 is 19.1 Å². The lowest BCUT2D eigenvalue weighted by Gasteiger charge is -2.09. The first-order valence-electron chi connectivity index (χ1n) is 7.95. The van der Waals surface area contributed by atoms with E-state index in [4.69, 9.17) is 9.47 Å². The second-order valence-electron chi connectivity index (χ2n) is 5.61. The number of hydrogen-bond donors (Lipinski definition) is 1. The van der Waals surface area contributed by atoms with Crippen molar-refractivity contribution in [1.82, 2.24) is 5.43 Å². The van der Waals surface area contributed by atoms with E-state index in [2.05, 4.69) is 33.1 Å². The Bertz CT molecular complexity index is 788. The molecule has 2 rings (SSSR count). The number of amides is 1. The predicted octanol–water partition coefficient (Wildman–Crippen LogP) is 3.39. The second-order valence-corrected chi connectivity index (χ2v) is 6.85. The highest BCUT2D eigenvalue weighted by atomic mass is 127. The van der Waals surface area contributed by atoms with Crippen LogP contribution in [0, 0.1) is 3.57 Å². The first-order chi connectivity index (χ1) is 12.4. The molecule has 0 aliphatic heterocycles. The van der Waals surface area contributed by atoms with Gasteiger partial charge in [-0.05, 0) is 84.5 Å². The largest absolute Gasteiger partial charge is 0.482 e. The summed E-state index contributed by atoms with van der Waals surface area (Å²) in [5, 5.41) is 3.94. The lowest BCUT2D eigenvalue weighted by molar-refractivity contribution is -0.149. The quantitative estimate of drug-likeness (QED) is 0.294. The smallest absolute Gasteiger partial charge is 0.344 e. The molecule has 0 spiro atoms. The van der Waals surface area contributed by atoms with Gasteiger partial charge in [0.1, 0.15) is 5.75 Å². The summed E-state index contributed by atoms with van der Waals surface area (Å²) in [5.74, 6) is -0.141. The first-order valence-corrected chi connectivity index (χ1v) is 9.03. The lowest BCUT2D eigenvalue weighted by Crippen LogP contribution is -2.18. The summed E-state index contributed by atoms with van der Waals surface area (Å²) < 4.78 is 11.3. The zero-order valence-corrected chi connectivity index (χ0v) is 16.6. The van der Waals surface area contributed by atoms with Gasteiger partial charge in [-0.3, -0.25) is 4.79 Å². The first kappa shape index (κ1) is 19.9. The average molecular weight is 466 g/mol. The van der Waals surface area contributed by atoms with Gasteiger partial charge in [0.15, 0.2) is 6.61 Å². The molecular weight excluding hydrogens is 447 g/mol. The third-order valence-electron chi connectivity index (χ3n) is 3.07. The number of hydrazone groups is 1. The predicted molar refractivity (Wildman–Crippen MR) is 107 cm³/mol. The van der Waals surface area contributed by atoms with Crippen LogP contribution >= 0.6 is 22.6 Å². The van der Waals surface area contributed by atoms with Crippen LogP contribution in [0.15, 0.2) is 53.6 Å². The second kappa shape index (κ2) is 9.91. The molecule has 0 aliphatic carbocycles. The van der Waals surface area contributed by atoms with Crippen molar-refractivity contribution in [2.45, 2.75) is 20.0 Å². The van der Waals surface area contributed by atoms with Crippen LogP contribution in [0.2, 0.25) is 0 Å². The Kier molecular flexibility index (Phi) is 7.58. The van der Waals surface area contributed by atoms with Gasteiger partial charge in [0, 0.05) is 9.13 Å². The Morgan fingerprint density at radius 2 is 1.92 bits per heavy atom. The van der Waals surface area contributed by atoms with Gasteiger partial charge in [0.25, 0.3) is 5.91 Å². The maximum absolute atomic E-state index is 12.0. The van der Waals surface area contributed by atoms with Crippen LogP contribution in [0.3, 0.4) is 0 Å². The molecule has 0 aliphatic rings. The third-order valence-corrected chi connectivity index (χ3v) is 3.74. The summed E-state index contributed by atoms with van der Waals surface area (Å²) in [7, 11) is 0. The fourth-order valence-corrected chi connectivity index (χ4v) is 2.49. The highest BCUT2D eigenvalue weighted by molar-refractivity contribution is 14.1. The number of nitrogens with zero attached hydrogens (tertiary/aromatic N) is 1. The molecule has 0 fully saturated rings. The summed E-state index contributed by atoms with van der Waals surface area (Å²) in [4.78, 5) is 23.4. The number of rotatable bonds is 7. The lowest BCUT2D eigenvalue weighted by atomic mass is 10.2. The van der Waals surface area contributed by atoms with Crippen molar-refractivity contribution in [3.63, 3.8) is 0 Å². The molecule has 6 nitrogen and oxygen atoms in total. The van der Waals surface area contributed by atoms with E-state index in [-0.39, 0.29) is 18.6 Å². The summed E-state index contributed by atoms with van der Waals surface area (Å²) in [5.41, 5.74) is 3.81. The van der Waals surface area contributed by atoms with Crippen LogP contribution in [0.1, 0.15) is 29.8 Å². The fourth-order valence-electron chi connectivity index (χ4n) is 1.95. The molecule has 26 heavy (non-hydrogen) atoms. The zero-order chi connectivity index (χ0) is 18.9. The van der Waals surface area contributed by atoms with Crippen molar-refractivity contribution in [2.24, 2.45) is 5.10 Å². The molecule has 0 aromatic heterocycles. The molecule has 0 heterocycles. The molecule has 0 radical (unpaired) electrons. The summed E-state index contributed by atoms with van der Waals surface area (Å²) in [6, 6.07) is 14.2. The Morgan fingerprint density at radius 3 is 2.58 bits per heavy atom. The standard InChI is InChI=1S/C19H19IN2O4/c1-13(2)26-18(23)12-25-17-8-6-14(7-9-17)11-21-22-19(24)15-4-3-5-16(20)10-15/h3-11,13H,12H2,1-2H3,(H,22,24)/b21-11-. The van der Waals surface area contributed by atoms with E-state index in [1.54, 1.807) is 50.2 Å². The van der Waals surface area contributed by atoms with Gasteiger partial charge < -0.3 is 9.47 Å². The minimum Gasteiger partial charge on any atom is -0.482 e. The van der Waals surface area contributed by atoms with Gasteiger partial charge in [-0.25, -0.2) is 10.2 Å². The van der Waals surface area contributed by atoms with Crippen LogP contribution in [-0.2, 0) is 9.53 Å². The molecule has 0 saturated carbocycles. The summed E-state index contributed by atoms with van der Waals surface area (Å²) in [6.07, 6.45) is 1.36. The highest BCUT2D eigenvalue weighted by Gasteiger charge is 2.06. The molecular formula is C19H19IN2O4. The third kappa shape index (κ3) is 6.83. The number of benzene rings is 2. The van der Waals surface area contributed by atoms with E-state index in [0.717, 1.165) is 9.13 Å². The van der Waals surface area contributed by atoms with E-state index in [1.165, 1.54) is 6.21 Å². The number of esters is 1. The maximum Gasteiger partial charge on any atom is 0.344 e. The van der Waals surface area contributed by atoms with Crippen molar-refractivity contribution >= 4 is 40.7 Å². The van der Waals surface area contributed by atoms with E-state index >= 15 is 0 Å². The van der Waals surface area contributed by atoms with Gasteiger partial charge in [-0.15, -0.1) is 0 Å². The Labute approximate surface area is 165 Å². The molecule has 2 aromatic rings. The number of carbonyl (C=O) groups excluding carboxylic acids is 2. The van der Waals surface area contributed by atoms with Gasteiger partial charge in [0.2, 0.25) is 0 Å². The van der Waals surface area contributed by atoms with Crippen LogP contribution < -0.4 is 10.2 Å². The minimum absolute atomic E-state index is 0.141. The van der Waals surface area contributed by atoms with Crippen molar-refractivity contribution in [2.75, 3.05) is 6.61 Å². The molecule has 0 bridgehead atoms. The van der Waals surface area contributed by atoms with Crippen molar-refractivity contribution in [3.8, 4) is 5.75 Å². The number of hydrogen-bond acceptors (Lipinski definition) is 5. The number of halogens is 1. The maximum atomic E-state index is 12.0. The van der Waals surface area contributed by atoms with Crippen molar-refractivity contribution in [3.05, 3.63) is 63.2 Å². The van der Waals surface area contributed by atoms with Crippen LogP contribution in [0.4, 0.5) is 0 Å². The summed E-state index contributed by atoms with van der Waals surface area (Å²) in [6.45, 7) is 3.42. The van der Waals surface area contributed by atoms with Crippen LogP contribution in [0.25, 0.3) is 0 Å². The molecule has 0 unspecified atom stereocenters. The highest BCUT2D eigenvalue weighted by Crippen LogP contribution is 2.11. The SMILES string of the molecule is CC(C)OC(=O)COc1ccc(/C=N\NC(=O)c2cccc(I)c2)cc1. The van der Waals surface area contributed by atoms with E-state index in [0.29, 0.717) is 11.3 Å². The molecule has 0 atom stereocenters. The minimum atomic E-state index is -0.413. The molecule has 1 N–H and O–H groups in total. The van der Waals surface area contributed by atoms with E-state index in [9.17, 15) is 9.59 Å². The van der Waals surface area contributed by atoms with Crippen LogP contribution in [0.5, 0.6) is 5.75 Å². The van der Waals surface area contributed by atoms with Crippen molar-refractivity contribution in [1.29, 1.82) is 0 Å². The van der Waals surface area contributed by atoms with Gasteiger partial charge in [-0.2, -0.15) is 5.10 Å². The van der Waals surface area contributed by atoms with E-state index < -0.39 is 5.97 Å². The van der Waals surface area contributed by atoms with Gasteiger partial charge >= 0.3 is 5.97 Å². The fraction of sp³-hybridized carbons (Fsp3) is 0.211.